The number of carboxylic acid groups (broad SMARTS) is 1. The Morgan fingerprint density at radius 1 is 1.37 bits per heavy atom. The van der Waals surface area contributed by atoms with E-state index in [9.17, 15) is 19.2 Å². The Hall–Kier alpha value is -2.97. The van der Waals surface area contributed by atoms with E-state index in [1.807, 2.05) is 6.92 Å². The molecule has 0 atom stereocenters. The number of carboxylic acids is 1. The maximum absolute atomic E-state index is 12.7. The van der Waals surface area contributed by atoms with Gasteiger partial charge in [-0.05, 0) is 31.7 Å². The largest absolute Gasteiger partial charge is 0.481 e. The zero-order chi connectivity index (χ0) is 19.6. The summed E-state index contributed by atoms with van der Waals surface area (Å²) in [7, 11) is 0. The van der Waals surface area contributed by atoms with Crippen molar-refractivity contribution in [3.05, 3.63) is 38.2 Å². The van der Waals surface area contributed by atoms with Gasteiger partial charge in [0.15, 0.2) is 5.65 Å². The van der Waals surface area contributed by atoms with Gasteiger partial charge in [-0.25, -0.2) is 9.78 Å². The highest BCUT2D eigenvalue weighted by Crippen LogP contribution is 2.39. The van der Waals surface area contributed by atoms with Crippen LogP contribution in [0.1, 0.15) is 61.0 Å². The topological polar surface area (TPSA) is 134 Å². The summed E-state index contributed by atoms with van der Waals surface area (Å²) in [6.45, 7) is 2.47. The summed E-state index contributed by atoms with van der Waals surface area (Å²) in [6.07, 6.45) is 2.82. The molecule has 0 radical (unpaired) electrons. The minimum atomic E-state index is -0.936. The zero-order valence-corrected chi connectivity index (χ0v) is 15.1. The number of rotatable bonds is 8. The van der Waals surface area contributed by atoms with Gasteiger partial charge in [-0.15, -0.1) is 0 Å². The van der Waals surface area contributed by atoms with Gasteiger partial charge in [-0.2, -0.15) is 0 Å². The van der Waals surface area contributed by atoms with Gasteiger partial charge < -0.3 is 10.4 Å². The van der Waals surface area contributed by atoms with Crippen LogP contribution in [-0.4, -0.2) is 38.1 Å². The third-order valence-corrected chi connectivity index (χ3v) is 4.51. The molecule has 0 aliphatic heterocycles. The molecule has 9 heteroatoms. The summed E-state index contributed by atoms with van der Waals surface area (Å²) in [6, 6.07) is 1.61. The van der Waals surface area contributed by atoms with Gasteiger partial charge in [0.25, 0.3) is 11.5 Å². The van der Waals surface area contributed by atoms with Gasteiger partial charge in [0.1, 0.15) is 0 Å². The number of carbonyl (C=O) groups is 2. The van der Waals surface area contributed by atoms with Crippen LogP contribution in [0.2, 0.25) is 0 Å². The summed E-state index contributed by atoms with van der Waals surface area (Å²) in [4.78, 5) is 54.7. The summed E-state index contributed by atoms with van der Waals surface area (Å²) >= 11 is 0. The normalized spacial score (nSPS) is 13.7. The van der Waals surface area contributed by atoms with Crippen molar-refractivity contribution in [2.45, 2.75) is 51.5 Å². The molecule has 1 saturated carbocycles. The molecule has 3 N–H and O–H groups in total. The molecule has 3 rings (SSSR count). The van der Waals surface area contributed by atoms with E-state index in [-0.39, 0.29) is 41.9 Å². The first-order valence-corrected chi connectivity index (χ1v) is 9.10. The van der Waals surface area contributed by atoms with Crippen molar-refractivity contribution in [2.75, 3.05) is 6.54 Å². The number of hydrogen-bond donors (Lipinski definition) is 3. The molecule has 0 unspecified atom stereocenters. The summed E-state index contributed by atoms with van der Waals surface area (Å²) in [5, 5.41) is 11.4. The fraction of sp³-hybridized carbons (Fsp3) is 0.500. The molecule has 0 aromatic carbocycles. The van der Waals surface area contributed by atoms with Crippen LogP contribution in [0.15, 0.2) is 15.7 Å². The average Bonchev–Trinajstić information content (AvgIpc) is 3.46. The molecule has 0 bridgehead atoms. The maximum atomic E-state index is 12.7. The molecule has 2 aromatic rings. The second kappa shape index (κ2) is 7.73. The van der Waals surface area contributed by atoms with Gasteiger partial charge in [0.05, 0.1) is 10.9 Å². The number of nitrogens with zero attached hydrogens (tertiary/aromatic N) is 2. The first-order chi connectivity index (χ1) is 12.9. The van der Waals surface area contributed by atoms with Gasteiger partial charge in [0.2, 0.25) is 0 Å². The molecular weight excluding hydrogens is 352 g/mol. The lowest BCUT2D eigenvalue weighted by Gasteiger charge is -2.13. The fourth-order valence-corrected chi connectivity index (χ4v) is 3.03. The molecule has 2 heterocycles. The van der Waals surface area contributed by atoms with Crippen molar-refractivity contribution in [2.24, 2.45) is 0 Å². The van der Waals surface area contributed by atoms with Gasteiger partial charge in [-0.1, -0.05) is 6.92 Å². The van der Waals surface area contributed by atoms with Crippen LogP contribution in [0.5, 0.6) is 0 Å². The number of amides is 1. The predicted octanol–water partition coefficient (Wildman–Crippen LogP) is 0.967. The Morgan fingerprint density at radius 2 is 2.11 bits per heavy atom. The van der Waals surface area contributed by atoms with E-state index in [1.54, 1.807) is 6.07 Å². The molecule has 2 aromatic heterocycles. The summed E-state index contributed by atoms with van der Waals surface area (Å²) < 4.78 is 1.39. The van der Waals surface area contributed by atoms with Crippen molar-refractivity contribution in [1.82, 2.24) is 19.9 Å². The van der Waals surface area contributed by atoms with E-state index in [4.69, 9.17) is 5.11 Å². The first-order valence-electron chi connectivity index (χ1n) is 9.10. The van der Waals surface area contributed by atoms with Gasteiger partial charge >= 0.3 is 11.7 Å². The molecule has 27 heavy (non-hydrogen) atoms. The number of pyridine rings is 1. The monoisotopic (exact) mass is 374 g/mol. The van der Waals surface area contributed by atoms with Crippen molar-refractivity contribution >= 4 is 22.9 Å². The van der Waals surface area contributed by atoms with E-state index in [2.05, 4.69) is 15.3 Å². The molecule has 0 spiro atoms. The van der Waals surface area contributed by atoms with E-state index >= 15 is 0 Å². The lowest BCUT2D eigenvalue weighted by atomic mass is 10.1. The molecule has 144 valence electrons. The SMILES string of the molecule is CCCn1c(=O)[nH]c(=O)c2c(C(=O)NCCCC(=O)O)cc(C3CC3)nc21. The van der Waals surface area contributed by atoms with Crippen LogP contribution in [0.4, 0.5) is 0 Å². The van der Waals surface area contributed by atoms with Crippen molar-refractivity contribution in [3.8, 4) is 0 Å². The fourth-order valence-electron chi connectivity index (χ4n) is 3.03. The molecule has 9 nitrogen and oxygen atoms in total. The van der Waals surface area contributed by atoms with Gasteiger partial charge in [-0.3, -0.25) is 23.9 Å². The number of aromatic amines is 1. The molecule has 1 aliphatic carbocycles. The summed E-state index contributed by atoms with van der Waals surface area (Å²) in [5.41, 5.74) is -0.0856. The zero-order valence-electron chi connectivity index (χ0n) is 15.1. The maximum Gasteiger partial charge on any atom is 0.329 e. The number of H-pyrrole nitrogens is 1. The van der Waals surface area contributed by atoms with Crippen LogP contribution in [0.25, 0.3) is 11.0 Å². The number of hydrogen-bond acceptors (Lipinski definition) is 5. The Balaban J connectivity index is 2.06. The van der Waals surface area contributed by atoms with Crippen LogP contribution >= 0.6 is 0 Å². The molecular formula is C18H22N4O5. The minimum absolute atomic E-state index is 0.0542. The quantitative estimate of drug-likeness (QED) is 0.589. The van der Waals surface area contributed by atoms with Crippen molar-refractivity contribution in [3.63, 3.8) is 0 Å². The Bertz CT molecular complexity index is 1000. The number of carbonyl (C=O) groups excluding carboxylic acids is 1. The van der Waals surface area contributed by atoms with Crippen LogP contribution in [-0.2, 0) is 11.3 Å². The smallest absolute Gasteiger partial charge is 0.329 e. The number of nitrogens with one attached hydrogen (secondary N) is 2. The van der Waals surface area contributed by atoms with E-state index in [1.165, 1.54) is 4.57 Å². The highest BCUT2D eigenvalue weighted by Gasteiger charge is 2.28. The highest BCUT2D eigenvalue weighted by molar-refractivity contribution is 6.05. The third-order valence-electron chi connectivity index (χ3n) is 4.51. The number of fused-ring (bicyclic) bond motifs is 1. The number of aromatic nitrogens is 3. The molecule has 1 aliphatic rings. The second-order valence-electron chi connectivity index (χ2n) is 6.73. The Labute approximate surface area is 154 Å². The number of aryl methyl sites for hydroxylation is 1. The Kier molecular flexibility index (Phi) is 5.38. The van der Waals surface area contributed by atoms with Crippen LogP contribution in [0.3, 0.4) is 0 Å². The molecule has 0 saturated heterocycles. The first kappa shape index (κ1) is 18.8. The molecule has 1 fully saturated rings. The van der Waals surface area contributed by atoms with Gasteiger partial charge in [0, 0.05) is 31.1 Å². The summed E-state index contributed by atoms with van der Waals surface area (Å²) in [5.74, 6) is -1.17. The Morgan fingerprint density at radius 3 is 2.74 bits per heavy atom. The second-order valence-corrected chi connectivity index (χ2v) is 6.73. The van der Waals surface area contributed by atoms with E-state index in [0.717, 1.165) is 12.8 Å². The average molecular weight is 374 g/mol. The predicted molar refractivity (Wildman–Crippen MR) is 98.1 cm³/mol. The molecule has 1 amide bonds. The van der Waals surface area contributed by atoms with Crippen LogP contribution in [0, 0.1) is 0 Å². The van der Waals surface area contributed by atoms with Crippen molar-refractivity contribution < 1.29 is 14.7 Å². The third kappa shape index (κ3) is 4.07. The van der Waals surface area contributed by atoms with E-state index in [0.29, 0.717) is 18.7 Å². The van der Waals surface area contributed by atoms with E-state index < -0.39 is 23.1 Å². The minimum Gasteiger partial charge on any atom is -0.481 e. The standard InChI is InChI=1S/C18H22N4O5/c1-2-8-22-15-14(17(26)21-18(22)27)11(9-12(20-15)10-5-6-10)16(25)19-7-3-4-13(23)24/h9-10H,2-8H2,1H3,(H,19,25)(H,23,24)(H,21,26,27). The lowest BCUT2D eigenvalue weighted by molar-refractivity contribution is -0.137. The lowest BCUT2D eigenvalue weighted by Crippen LogP contribution is -2.33. The highest BCUT2D eigenvalue weighted by atomic mass is 16.4. The van der Waals surface area contributed by atoms with Crippen molar-refractivity contribution in [1.29, 1.82) is 0 Å². The van der Waals surface area contributed by atoms with Crippen LogP contribution < -0.4 is 16.6 Å². The number of aliphatic carboxylic acids is 1.